The van der Waals surface area contributed by atoms with Crippen molar-refractivity contribution in [3.63, 3.8) is 0 Å². The Morgan fingerprint density at radius 1 is 1.12 bits per heavy atom. The van der Waals surface area contributed by atoms with E-state index in [4.69, 9.17) is 9.47 Å². The number of nitrogens with zero attached hydrogens (tertiary/aromatic N) is 2. The van der Waals surface area contributed by atoms with E-state index in [1.807, 2.05) is 24.3 Å². The number of piperazine rings is 1. The molecule has 0 spiro atoms. The molecule has 1 N–H and O–H groups in total. The first-order chi connectivity index (χ1) is 15.6. The SMILES string of the molecule is COc1ccccc1N1CCN(C/C=C/CNC(=O)c2cc(Br)ccc2OCCF)CC1. The van der Waals surface area contributed by atoms with Gasteiger partial charge in [-0.25, -0.2) is 4.39 Å². The van der Waals surface area contributed by atoms with Gasteiger partial charge in [0.2, 0.25) is 0 Å². The highest BCUT2D eigenvalue weighted by Crippen LogP contribution is 2.28. The number of ether oxygens (including phenoxy) is 2. The number of hydrogen-bond acceptors (Lipinski definition) is 5. The molecule has 0 unspecified atom stereocenters. The first-order valence-electron chi connectivity index (χ1n) is 10.6. The molecule has 6 nitrogen and oxygen atoms in total. The summed E-state index contributed by atoms with van der Waals surface area (Å²) in [5.41, 5.74) is 1.52. The molecule has 0 atom stereocenters. The number of anilines is 1. The maximum Gasteiger partial charge on any atom is 0.255 e. The molecule has 2 aromatic rings. The Balaban J connectivity index is 1.42. The lowest BCUT2D eigenvalue weighted by Gasteiger charge is -2.36. The van der Waals surface area contributed by atoms with Crippen LogP contribution in [0.5, 0.6) is 11.5 Å². The third-order valence-electron chi connectivity index (χ3n) is 5.23. The summed E-state index contributed by atoms with van der Waals surface area (Å²) in [6, 6.07) is 13.2. The van der Waals surface area contributed by atoms with E-state index >= 15 is 0 Å². The van der Waals surface area contributed by atoms with Gasteiger partial charge in [-0.1, -0.05) is 40.2 Å². The minimum Gasteiger partial charge on any atom is -0.495 e. The van der Waals surface area contributed by atoms with Crippen LogP contribution in [-0.2, 0) is 0 Å². The highest BCUT2D eigenvalue weighted by Gasteiger charge is 2.18. The number of carbonyl (C=O) groups is 1. The quantitative estimate of drug-likeness (QED) is 0.496. The average molecular weight is 506 g/mol. The molecule has 32 heavy (non-hydrogen) atoms. The fourth-order valence-electron chi connectivity index (χ4n) is 3.57. The lowest BCUT2D eigenvalue weighted by molar-refractivity contribution is 0.0953. The molecule has 8 heteroatoms. The van der Waals surface area contributed by atoms with Gasteiger partial charge in [0, 0.05) is 43.7 Å². The number of alkyl halides is 1. The Morgan fingerprint density at radius 3 is 2.66 bits per heavy atom. The summed E-state index contributed by atoms with van der Waals surface area (Å²) in [6.45, 7) is 4.36. The van der Waals surface area contributed by atoms with Crippen molar-refractivity contribution in [2.45, 2.75) is 0 Å². The minimum absolute atomic E-state index is 0.0773. The van der Waals surface area contributed by atoms with Crippen LogP contribution in [0.15, 0.2) is 59.1 Å². The van der Waals surface area contributed by atoms with Crippen LogP contribution < -0.4 is 19.7 Å². The van der Waals surface area contributed by atoms with E-state index in [-0.39, 0.29) is 12.5 Å². The summed E-state index contributed by atoms with van der Waals surface area (Å²) < 4.78 is 24.0. The summed E-state index contributed by atoms with van der Waals surface area (Å²) in [6.07, 6.45) is 4.02. The summed E-state index contributed by atoms with van der Waals surface area (Å²) >= 11 is 3.36. The summed E-state index contributed by atoms with van der Waals surface area (Å²) in [5.74, 6) is 1.02. The van der Waals surface area contributed by atoms with E-state index in [9.17, 15) is 9.18 Å². The van der Waals surface area contributed by atoms with Gasteiger partial charge in [0.25, 0.3) is 5.91 Å². The second-order valence-electron chi connectivity index (χ2n) is 7.32. The third-order valence-corrected chi connectivity index (χ3v) is 5.72. The van der Waals surface area contributed by atoms with Crippen LogP contribution in [0.2, 0.25) is 0 Å². The Kier molecular flexibility index (Phi) is 9.37. The van der Waals surface area contributed by atoms with Crippen LogP contribution in [0, 0.1) is 0 Å². The van der Waals surface area contributed by atoms with Gasteiger partial charge in [-0.05, 0) is 30.3 Å². The molecule has 0 aliphatic carbocycles. The number of para-hydroxylation sites is 2. The van der Waals surface area contributed by atoms with Crippen molar-refractivity contribution in [2.24, 2.45) is 0 Å². The number of methoxy groups -OCH3 is 1. The Hall–Kier alpha value is -2.58. The molecule has 1 heterocycles. The molecule has 0 radical (unpaired) electrons. The molecule has 1 amide bonds. The normalized spacial score (nSPS) is 14.5. The number of benzene rings is 2. The number of halogens is 2. The van der Waals surface area contributed by atoms with E-state index < -0.39 is 6.67 Å². The third kappa shape index (κ3) is 6.71. The standard InChI is InChI=1S/C24H29BrFN3O3/c1-31-23-7-3-2-6-21(23)29-15-13-28(14-16-29)12-5-4-11-27-24(30)20-18-19(25)8-9-22(20)32-17-10-26/h2-9,18H,10-17H2,1H3,(H,27,30)/b5-4+. The second-order valence-corrected chi connectivity index (χ2v) is 8.23. The van der Waals surface area contributed by atoms with E-state index in [0.29, 0.717) is 17.9 Å². The molecule has 0 aromatic heterocycles. The fourth-order valence-corrected chi connectivity index (χ4v) is 3.93. The van der Waals surface area contributed by atoms with E-state index in [1.165, 1.54) is 0 Å². The zero-order valence-electron chi connectivity index (χ0n) is 18.2. The van der Waals surface area contributed by atoms with Crippen molar-refractivity contribution in [1.29, 1.82) is 0 Å². The number of nitrogens with one attached hydrogen (secondary N) is 1. The molecule has 1 saturated heterocycles. The maximum absolute atomic E-state index is 12.5. The van der Waals surface area contributed by atoms with Gasteiger partial charge >= 0.3 is 0 Å². The number of hydrogen-bond donors (Lipinski definition) is 1. The number of carbonyl (C=O) groups excluding carboxylic acids is 1. The summed E-state index contributed by atoms with van der Waals surface area (Å²) in [4.78, 5) is 17.2. The lowest BCUT2D eigenvalue weighted by Crippen LogP contribution is -2.46. The van der Waals surface area contributed by atoms with Crippen molar-refractivity contribution in [3.05, 3.63) is 64.7 Å². The van der Waals surface area contributed by atoms with Crippen LogP contribution in [0.25, 0.3) is 0 Å². The smallest absolute Gasteiger partial charge is 0.255 e. The lowest BCUT2D eigenvalue weighted by atomic mass is 10.2. The molecule has 0 saturated carbocycles. The molecule has 1 fully saturated rings. The summed E-state index contributed by atoms with van der Waals surface area (Å²) in [7, 11) is 1.70. The zero-order valence-corrected chi connectivity index (χ0v) is 19.8. The van der Waals surface area contributed by atoms with Gasteiger partial charge in [0.05, 0.1) is 18.4 Å². The van der Waals surface area contributed by atoms with E-state index in [1.54, 1.807) is 25.3 Å². The number of rotatable bonds is 10. The molecule has 0 bridgehead atoms. The average Bonchev–Trinajstić information content (AvgIpc) is 2.83. The molecule has 1 aliphatic heterocycles. The highest BCUT2D eigenvalue weighted by molar-refractivity contribution is 9.10. The van der Waals surface area contributed by atoms with Crippen molar-refractivity contribution >= 4 is 27.5 Å². The highest BCUT2D eigenvalue weighted by atomic mass is 79.9. The Labute approximate surface area is 197 Å². The topological polar surface area (TPSA) is 54.0 Å². The largest absolute Gasteiger partial charge is 0.495 e. The monoisotopic (exact) mass is 505 g/mol. The van der Waals surface area contributed by atoms with Crippen molar-refractivity contribution in [2.75, 3.05) is 64.6 Å². The fraction of sp³-hybridized carbons (Fsp3) is 0.375. The van der Waals surface area contributed by atoms with Gasteiger partial charge in [-0.15, -0.1) is 0 Å². The van der Waals surface area contributed by atoms with Gasteiger partial charge in [-0.2, -0.15) is 0 Å². The maximum atomic E-state index is 12.5. The predicted octanol–water partition coefficient (Wildman–Crippen LogP) is 3.91. The molecule has 172 valence electrons. The predicted molar refractivity (Wildman–Crippen MR) is 129 cm³/mol. The van der Waals surface area contributed by atoms with Crippen LogP contribution in [0.4, 0.5) is 10.1 Å². The minimum atomic E-state index is -0.604. The van der Waals surface area contributed by atoms with Crippen molar-refractivity contribution in [3.8, 4) is 11.5 Å². The van der Waals surface area contributed by atoms with Crippen molar-refractivity contribution < 1.29 is 18.7 Å². The van der Waals surface area contributed by atoms with Gasteiger partial charge < -0.3 is 19.7 Å². The number of amides is 1. The van der Waals surface area contributed by atoms with Gasteiger partial charge in [-0.3, -0.25) is 9.69 Å². The molecule has 2 aromatic carbocycles. The molecule has 1 aliphatic rings. The zero-order chi connectivity index (χ0) is 22.8. The molecular weight excluding hydrogens is 477 g/mol. The van der Waals surface area contributed by atoms with Gasteiger partial charge in [0.1, 0.15) is 24.8 Å². The summed E-state index contributed by atoms with van der Waals surface area (Å²) in [5, 5.41) is 2.86. The Morgan fingerprint density at radius 2 is 1.91 bits per heavy atom. The van der Waals surface area contributed by atoms with Gasteiger partial charge in [0.15, 0.2) is 0 Å². The van der Waals surface area contributed by atoms with Crippen LogP contribution in [0.1, 0.15) is 10.4 Å². The molecule has 3 rings (SSSR count). The molecular formula is C24H29BrFN3O3. The van der Waals surface area contributed by atoms with Crippen LogP contribution >= 0.6 is 15.9 Å². The van der Waals surface area contributed by atoms with Crippen molar-refractivity contribution in [1.82, 2.24) is 10.2 Å². The van der Waals surface area contributed by atoms with Crippen LogP contribution in [0.3, 0.4) is 0 Å². The Bertz CT molecular complexity index is 917. The second kappa shape index (κ2) is 12.5. The van der Waals surface area contributed by atoms with Crippen LogP contribution in [-0.4, -0.2) is 70.5 Å². The van der Waals surface area contributed by atoms with E-state index in [2.05, 4.69) is 43.2 Å². The van der Waals surface area contributed by atoms with E-state index in [0.717, 1.165) is 48.6 Å². The first kappa shape index (κ1) is 24.1. The first-order valence-corrected chi connectivity index (χ1v) is 11.4.